The van der Waals surface area contributed by atoms with Crippen molar-refractivity contribution in [2.45, 2.75) is 0 Å². The molecule has 4 heterocycles. The van der Waals surface area contributed by atoms with Crippen molar-refractivity contribution in [1.82, 2.24) is 39.0 Å². The first-order chi connectivity index (χ1) is 38.4. The first-order valence-corrected chi connectivity index (χ1v) is 25.3. The summed E-state index contributed by atoms with van der Waals surface area (Å²) in [4.78, 5) is 30.2. The molecule has 0 radical (unpaired) electrons. The van der Waals surface area contributed by atoms with Crippen LogP contribution in [0.25, 0.3) is 134 Å². The number of fused-ring (bicyclic) bond motifs is 6. The van der Waals surface area contributed by atoms with Gasteiger partial charge in [-0.15, -0.1) is 0 Å². The van der Waals surface area contributed by atoms with E-state index in [9.17, 15) is 5.26 Å². The Kier molecular flexibility index (Phi) is 11.0. The van der Waals surface area contributed by atoms with Gasteiger partial charge in [-0.05, 0) is 59.7 Å². The van der Waals surface area contributed by atoms with Crippen LogP contribution in [-0.2, 0) is 0 Å². The second-order valence-electron chi connectivity index (χ2n) is 18.9. The molecule has 0 bridgehead atoms. The van der Waals surface area contributed by atoms with Crippen molar-refractivity contribution in [3.63, 3.8) is 0 Å². The number of halogens is 2. The fourth-order valence-corrected chi connectivity index (χ4v) is 10.6. The lowest BCUT2D eigenvalue weighted by molar-refractivity contribution is 0.584. The number of rotatable bonds is 9. The maximum absolute atomic E-state index is 15.5. The predicted molar refractivity (Wildman–Crippen MR) is 305 cm³/mol. The Labute approximate surface area is 445 Å². The highest BCUT2D eigenvalue weighted by Gasteiger charge is 2.25. The minimum atomic E-state index is -0.732. The van der Waals surface area contributed by atoms with Crippen LogP contribution < -0.4 is 0 Å². The number of nitrogens with zero attached hydrogens (tertiary/aromatic N) is 9. The molecular formula is C67H39F2N9. The van der Waals surface area contributed by atoms with Crippen molar-refractivity contribution in [2.75, 3.05) is 0 Å². The summed E-state index contributed by atoms with van der Waals surface area (Å²) in [5, 5.41) is 15.5. The van der Waals surface area contributed by atoms with Crippen LogP contribution in [0.15, 0.2) is 237 Å². The Bertz CT molecular complexity index is 4300. The first-order valence-electron chi connectivity index (χ1n) is 25.3. The zero-order valence-corrected chi connectivity index (χ0v) is 41.3. The van der Waals surface area contributed by atoms with Gasteiger partial charge in [0.2, 0.25) is 0 Å². The third-order valence-corrected chi connectivity index (χ3v) is 14.1. The van der Waals surface area contributed by atoms with Crippen LogP contribution >= 0.6 is 0 Å². The maximum atomic E-state index is 15.5. The molecule has 9 nitrogen and oxygen atoms in total. The highest BCUT2D eigenvalue weighted by Crippen LogP contribution is 2.42. The summed E-state index contributed by atoms with van der Waals surface area (Å²) in [5.74, 6) is 1.52. The van der Waals surface area contributed by atoms with Gasteiger partial charge in [-0.1, -0.05) is 182 Å². The minimum Gasteiger partial charge on any atom is -0.308 e. The fourth-order valence-electron chi connectivity index (χ4n) is 10.6. The van der Waals surface area contributed by atoms with Crippen molar-refractivity contribution in [2.24, 2.45) is 0 Å². The molecule has 0 N–H and O–H groups in total. The summed E-state index contributed by atoms with van der Waals surface area (Å²) in [7, 11) is 0. The Morgan fingerprint density at radius 1 is 0.282 bits per heavy atom. The fraction of sp³-hybridized carbons (Fsp3) is 0. The molecule has 10 aromatic carbocycles. The molecular weight excluding hydrogens is 969 g/mol. The van der Waals surface area contributed by atoms with Crippen LogP contribution in [0, 0.1) is 23.0 Å². The van der Waals surface area contributed by atoms with Crippen molar-refractivity contribution >= 4 is 43.6 Å². The molecule has 0 aliphatic rings. The molecule has 0 atom stereocenters. The molecule has 0 spiro atoms. The Hall–Kier alpha value is -10.8. The Morgan fingerprint density at radius 2 is 0.590 bits per heavy atom. The number of nitriles is 1. The second-order valence-corrected chi connectivity index (χ2v) is 18.9. The number of aromatic nitrogens is 8. The summed E-state index contributed by atoms with van der Waals surface area (Å²) in [6.45, 7) is 0. The van der Waals surface area contributed by atoms with E-state index in [1.807, 2.05) is 194 Å². The lowest BCUT2D eigenvalue weighted by Gasteiger charge is -2.19. The highest BCUT2D eigenvalue weighted by atomic mass is 19.1. The number of hydrogen-bond donors (Lipinski definition) is 0. The normalized spacial score (nSPS) is 11.4. The van der Waals surface area contributed by atoms with Gasteiger partial charge in [0, 0.05) is 61.0 Å². The van der Waals surface area contributed by atoms with Gasteiger partial charge in [0.15, 0.2) is 34.9 Å². The van der Waals surface area contributed by atoms with E-state index < -0.39 is 11.6 Å². The zero-order valence-electron chi connectivity index (χ0n) is 41.3. The van der Waals surface area contributed by atoms with Crippen molar-refractivity contribution in [1.29, 1.82) is 5.26 Å². The minimum absolute atomic E-state index is 0.293. The van der Waals surface area contributed by atoms with E-state index in [1.54, 1.807) is 0 Å². The molecule has 4 aromatic heterocycles. The molecule has 14 rings (SSSR count). The molecule has 14 aromatic rings. The van der Waals surface area contributed by atoms with E-state index in [0.29, 0.717) is 74.1 Å². The average molecular weight is 1010 g/mol. The van der Waals surface area contributed by atoms with Crippen LogP contribution in [0.4, 0.5) is 8.78 Å². The standard InChI is InChI=1S/C67H39F2N9/c68-49-33-47(34-50(69)39-49)48-37-60(77-56-27-15-13-25-51(56)53-31-29-45(35-58(53)77)66-73-62(41-17-5-1-6-18-41)71-63(74-66)42-19-7-2-8-20-42)55(40-70)61(38-48)78-57-28-16-14-26-52(57)54-32-30-46(36-59(54)78)67-75-64(43-21-9-3-10-22-43)72-65(76-67)44-23-11-4-12-24-44/h1-39H. The number of para-hydroxylation sites is 2. The summed E-state index contributed by atoms with van der Waals surface area (Å²) in [6.07, 6.45) is 0. The topological polar surface area (TPSA) is 111 Å². The molecule has 78 heavy (non-hydrogen) atoms. The van der Waals surface area contributed by atoms with E-state index >= 15 is 8.78 Å². The van der Waals surface area contributed by atoms with Crippen LogP contribution in [0.5, 0.6) is 0 Å². The lowest BCUT2D eigenvalue weighted by Crippen LogP contribution is -2.06. The molecule has 0 aliphatic carbocycles. The average Bonchev–Trinajstić information content (AvgIpc) is 4.24. The summed E-state index contributed by atoms with van der Waals surface area (Å²) >= 11 is 0. The van der Waals surface area contributed by atoms with Gasteiger partial charge in [-0.2, -0.15) is 5.26 Å². The van der Waals surface area contributed by atoms with Gasteiger partial charge >= 0.3 is 0 Å². The largest absolute Gasteiger partial charge is 0.308 e. The van der Waals surface area contributed by atoms with Crippen LogP contribution in [0.3, 0.4) is 0 Å². The van der Waals surface area contributed by atoms with Gasteiger partial charge in [-0.25, -0.2) is 38.7 Å². The van der Waals surface area contributed by atoms with Gasteiger partial charge in [-0.3, -0.25) is 0 Å². The van der Waals surface area contributed by atoms with E-state index in [0.717, 1.165) is 71.9 Å². The van der Waals surface area contributed by atoms with Gasteiger partial charge in [0.1, 0.15) is 23.3 Å². The van der Waals surface area contributed by atoms with Crippen molar-refractivity contribution in [3.05, 3.63) is 254 Å². The zero-order chi connectivity index (χ0) is 52.3. The molecule has 0 amide bonds. The van der Waals surface area contributed by atoms with Gasteiger partial charge in [0.25, 0.3) is 0 Å². The van der Waals surface area contributed by atoms with E-state index in [4.69, 9.17) is 29.9 Å². The van der Waals surface area contributed by atoms with Crippen LogP contribution in [0.1, 0.15) is 5.56 Å². The monoisotopic (exact) mass is 1010 g/mol. The SMILES string of the molecule is N#Cc1c(-n2c3ccccc3c3ccc(-c4nc(-c5ccccc5)nc(-c5ccccc5)n4)cc32)cc(-c2cc(F)cc(F)c2)cc1-n1c2ccccc2c2ccc(-c3nc(-c4ccccc4)nc(-c4ccccc4)n3)cc21. The highest BCUT2D eigenvalue weighted by molar-refractivity contribution is 6.12. The van der Waals surface area contributed by atoms with Crippen LogP contribution in [-0.4, -0.2) is 39.0 Å². The Morgan fingerprint density at radius 3 is 0.949 bits per heavy atom. The third-order valence-electron chi connectivity index (χ3n) is 14.1. The lowest BCUT2D eigenvalue weighted by atomic mass is 9.99. The molecule has 0 saturated heterocycles. The first kappa shape index (κ1) is 45.8. The van der Waals surface area contributed by atoms with E-state index in [2.05, 4.69) is 39.5 Å². The molecule has 0 aliphatic heterocycles. The Balaban J connectivity index is 1.04. The number of benzene rings is 10. The molecule has 366 valence electrons. The molecule has 0 unspecified atom stereocenters. The predicted octanol–water partition coefficient (Wildman–Crippen LogP) is 16.1. The van der Waals surface area contributed by atoms with E-state index in [1.165, 1.54) is 12.1 Å². The van der Waals surface area contributed by atoms with Crippen molar-refractivity contribution in [3.8, 4) is 96.9 Å². The smallest absolute Gasteiger partial charge is 0.164 e. The molecule has 0 fully saturated rings. The maximum Gasteiger partial charge on any atom is 0.164 e. The summed E-state index contributed by atoms with van der Waals surface area (Å²) in [5.41, 5.74) is 9.97. The van der Waals surface area contributed by atoms with Gasteiger partial charge in [0.05, 0.1) is 33.4 Å². The summed E-state index contributed by atoms with van der Waals surface area (Å²) < 4.78 is 35.1. The molecule has 0 saturated carbocycles. The van der Waals surface area contributed by atoms with Crippen molar-refractivity contribution < 1.29 is 8.78 Å². The third kappa shape index (κ3) is 8.00. The quantitative estimate of drug-likeness (QED) is 0.142. The second kappa shape index (κ2) is 18.8. The molecule has 11 heteroatoms. The number of hydrogen-bond acceptors (Lipinski definition) is 7. The summed E-state index contributed by atoms with van der Waals surface area (Å²) in [6, 6.07) is 77.3. The van der Waals surface area contributed by atoms with Crippen LogP contribution in [0.2, 0.25) is 0 Å². The van der Waals surface area contributed by atoms with E-state index in [-0.39, 0.29) is 0 Å². The van der Waals surface area contributed by atoms with Gasteiger partial charge < -0.3 is 9.13 Å².